The summed E-state index contributed by atoms with van der Waals surface area (Å²) < 4.78 is 2.92. The third-order valence-electron chi connectivity index (χ3n) is 3.48. The van der Waals surface area contributed by atoms with Crippen molar-refractivity contribution in [2.45, 2.75) is 11.3 Å². The molecule has 1 N–H and O–H groups in total. The quantitative estimate of drug-likeness (QED) is 0.330. The molecular formula is C17H12Cl3N3OS3. The molecule has 3 aromatic rings. The summed E-state index contributed by atoms with van der Waals surface area (Å²) in [7, 11) is 0. The number of nitrogens with zero attached hydrogens (tertiary/aromatic N) is 2. The number of nitrogens with one attached hydrogen (secondary N) is 1. The molecule has 0 aliphatic carbocycles. The normalized spacial score (nSPS) is 10.8. The Morgan fingerprint density at radius 3 is 2.63 bits per heavy atom. The Morgan fingerprint density at radius 1 is 1.22 bits per heavy atom. The van der Waals surface area contributed by atoms with Crippen molar-refractivity contribution in [2.75, 3.05) is 11.1 Å². The van der Waals surface area contributed by atoms with Crippen LogP contribution in [0.5, 0.6) is 0 Å². The highest BCUT2D eigenvalue weighted by molar-refractivity contribution is 8.01. The molecule has 0 spiro atoms. The van der Waals surface area contributed by atoms with Crippen LogP contribution in [-0.2, 0) is 4.79 Å². The number of benzene rings is 2. The number of aryl methyl sites for hydroxylation is 1. The van der Waals surface area contributed by atoms with Crippen molar-refractivity contribution in [2.24, 2.45) is 0 Å². The lowest BCUT2D eigenvalue weighted by Gasteiger charge is -2.10. The molecule has 0 fully saturated rings. The average molecular weight is 477 g/mol. The molecule has 1 amide bonds. The van der Waals surface area contributed by atoms with Gasteiger partial charge in [-0.15, -0.1) is 5.10 Å². The topological polar surface area (TPSA) is 46.9 Å². The van der Waals surface area contributed by atoms with E-state index in [1.165, 1.54) is 23.1 Å². The summed E-state index contributed by atoms with van der Waals surface area (Å²) in [5.74, 6) is -0.0719. The van der Waals surface area contributed by atoms with Gasteiger partial charge in [0, 0.05) is 5.02 Å². The maximum atomic E-state index is 12.3. The van der Waals surface area contributed by atoms with E-state index in [-0.39, 0.29) is 11.7 Å². The van der Waals surface area contributed by atoms with Crippen molar-refractivity contribution in [3.8, 4) is 5.69 Å². The van der Waals surface area contributed by atoms with Crippen molar-refractivity contribution >= 4 is 81.7 Å². The van der Waals surface area contributed by atoms with Crippen LogP contribution >= 0.6 is 70.1 Å². The van der Waals surface area contributed by atoms with Gasteiger partial charge in [0.2, 0.25) is 5.91 Å². The van der Waals surface area contributed by atoms with Crippen LogP contribution in [0.15, 0.2) is 40.7 Å². The van der Waals surface area contributed by atoms with Gasteiger partial charge in [0.1, 0.15) is 0 Å². The molecule has 0 bridgehead atoms. The summed E-state index contributed by atoms with van der Waals surface area (Å²) in [6, 6.07) is 10.7. The molecule has 0 unspecified atom stereocenters. The van der Waals surface area contributed by atoms with E-state index in [2.05, 4.69) is 10.4 Å². The minimum absolute atomic E-state index is 0.156. The maximum absolute atomic E-state index is 12.3. The number of carbonyl (C=O) groups is 1. The Kier molecular flexibility index (Phi) is 6.83. The van der Waals surface area contributed by atoms with Gasteiger partial charge in [-0.3, -0.25) is 4.79 Å². The zero-order valence-corrected chi connectivity index (χ0v) is 18.5. The molecule has 0 aliphatic heterocycles. The van der Waals surface area contributed by atoms with Crippen LogP contribution < -0.4 is 5.32 Å². The first-order chi connectivity index (χ1) is 12.8. The Morgan fingerprint density at radius 2 is 1.93 bits per heavy atom. The minimum Gasteiger partial charge on any atom is -0.323 e. The molecule has 2 aromatic carbocycles. The molecule has 27 heavy (non-hydrogen) atoms. The first-order valence-corrected chi connectivity index (χ1v) is 10.9. The summed E-state index contributed by atoms with van der Waals surface area (Å²) in [5, 5.41) is 8.68. The minimum atomic E-state index is -0.228. The van der Waals surface area contributed by atoms with Crippen molar-refractivity contribution in [1.82, 2.24) is 9.78 Å². The number of carbonyl (C=O) groups excluding carboxylic acids is 1. The van der Waals surface area contributed by atoms with Gasteiger partial charge in [-0.1, -0.05) is 64.0 Å². The van der Waals surface area contributed by atoms with Gasteiger partial charge >= 0.3 is 0 Å². The molecule has 0 atom stereocenters. The van der Waals surface area contributed by atoms with Crippen LogP contribution in [-0.4, -0.2) is 21.4 Å². The number of aromatic nitrogens is 2. The van der Waals surface area contributed by atoms with Crippen molar-refractivity contribution in [1.29, 1.82) is 0 Å². The van der Waals surface area contributed by atoms with Gasteiger partial charge in [0.15, 0.2) is 8.29 Å². The first-order valence-electron chi connectivity index (χ1n) is 7.58. The number of thioether (sulfide) groups is 1. The number of halogens is 3. The molecular weight excluding hydrogens is 465 g/mol. The highest BCUT2D eigenvalue weighted by Gasteiger charge is 2.14. The second-order valence-corrected chi connectivity index (χ2v) is 9.48. The molecule has 1 aromatic heterocycles. The smallest absolute Gasteiger partial charge is 0.234 e. The van der Waals surface area contributed by atoms with Gasteiger partial charge < -0.3 is 5.32 Å². The number of hydrogen-bond donors (Lipinski definition) is 1. The van der Waals surface area contributed by atoms with Crippen LogP contribution in [0.25, 0.3) is 5.69 Å². The van der Waals surface area contributed by atoms with E-state index in [0.29, 0.717) is 29.0 Å². The Hall–Kier alpha value is -1.09. The molecule has 4 nitrogen and oxygen atoms in total. The van der Waals surface area contributed by atoms with E-state index in [4.69, 9.17) is 47.0 Å². The number of anilines is 1. The van der Waals surface area contributed by atoms with E-state index < -0.39 is 0 Å². The fraction of sp³-hybridized carbons (Fsp3) is 0.118. The van der Waals surface area contributed by atoms with E-state index in [9.17, 15) is 4.79 Å². The third kappa shape index (κ3) is 5.04. The van der Waals surface area contributed by atoms with Crippen LogP contribution in [0, 0.1) is 10.9 Å². The molecule has 10 heteroatoms. The number of amides is 1. The molecule has 140 valence electrons. The second-order valence-electron chi connectivity index (χ2n) is 5.41. The lowest BCUT2D eigenvalue weighted by Crippen LogP contribution is -2.15. The third-order valence-corrected chi connectivity index (χ3v) is 6.90. The lowest BCUT2D eigenvalue weighted by atomic mass is 10.2. The first kappa shape index (κ1) is 20.6. The molecule has 3 rings (SSSR count). The molecule has 0 radical (unpaired) electrons. The van der Waals surface area contributed by atoms with Gasteiger partial charge in [0.25, 0.3) is 0 Å². The Balaban J connectivity index is 1.68. The summed E-state index contributed by atoms with van der Waals surface area (Å²) in [5.41, 5.74) is 2.07. The SMILES string of the molecule is Cc1ccc(Cl)c(NC(=O)CSc2nn(-c3ccc(Cl)cc3)c(=S)s2)c1Cl. The zero-order valence-electron chi connectivity index (χ0n) is 13.8. The Bertz CT molecular complexity index is 1050. The predicted molar refractivity (Wildman–Crippen MR) is 118 cm³/mol. The highest BCUT2D eigenvalue weighted by atomic mass is 35.5. The molecule has 0 aliphatic rings. The van der Waals surface area contributed by atoms with Gasteiger partial charge in [-0.25, -0.2) is 4.68 Å². The van der Waals surface area contributed by atoms with Crippen LogP contribution in [0.1, 0.15) is 5.56 Å². The number of rotatable bonds is 5. The fourth-order valence-corrected chi connectivity index (χ4v) is 4.89. The molecule has 1 heterocycles. The van der Waals surface area contributed by atoms with Crippen LogP contribution in [0.3, 0.4) is 0 Å². The van der Waals surface area contributed by atoms with Crippen molar-refractivity contribution < 1.29 is 4.79 Å². The number of hydrogen-bond acceptors (Lipinski definition) is 5. The molecule has 0 saturated heterocycles. The zero-order chi connectivity index (χ0) is 19.6. The van der Waals surface area contributed by atoms with Gasteiger partial charge in [0.05, 0.1) is 27.2 Å². The van der Waals surface area contributed by atoms with Crippen molar-refractivity contribution in [3.63, 3.8) is 0 Å². The van der Waals surface area contributed by atoms with Crippen LogP contribution in [0.4, 0.5) is 5.69 Å². The lowest BCUT2D eigenvalue weighted by molar-refractivity contribution is -0.113. The van der Waals surface area contributed by atoms with Gasteiger partial charge in [-0.2, -0.15) is 0 Å². The summed E-state index contributed by atoms with van der Waals surface area (Å²) in [4.78, 5) is 12.3. The van der Waals surface area contributed by atoms with E-state index >= 15 is 0 Å². The van der Waals surface area contributed by atoms with E-state index in [0.717, 1.165) is 11.3 Å². The van der Waals surface area contributed by atoms with Crippen molar-refractivity contribution in [3.05, 3.63) is 61.0 Å². The summed E-state index contributed by atoms with van der Waals surface area (Å²) in [6.45, 7) is 1.85. The molecule has 0 saturated carbocycles. The summed E-state index contributed by atoms with van der Waals surface area (Å²) in [6.07, 6.45) is 0. The van der Waals surface area contributed by atoms with E-state index in [1.54, 1.807) is 28.9 Å². The standard InChI is InChI=1S/C17H12Cl3N3OS3/c1-9-2-7-12(19)15(14(9)20)21-13(24)8-26-16-22-23(17(25)27-16)11-5-3-10(18)4-6-11/h2-7H,8H2,1H3,(H,21,24). The van der Waals surface area contributed by atoms with E-state index in [1.807, 2.05) is 19.1 Å². The van der Waals surface area contributed by atoms with Crippen LogP contribution in [0.2, 0.25) is 15.1 Å². The average Bonchev–Trinajstić information content (AvgIpc) is 3.02. The highest BCUT2D eigenvalue weighted by Crippen LogP contribution is 2.33. The summed E-state index contributed by atoms with van der Waals surface area (Å²) >= 11 is 26.2. The maximum Gasteiger partial charge on any atom is 0.234 e. The van der Waals surface area contributed by atoms with Gasteiger partial charge in [-0.05, 0) is 55.0 Å². The monoisotopic (exact) mass is 475 g/mol. The largest absolute Gasteiger partial charge is 0.323 e. The predicted octanol–water partition coefficient (Wildman–Crippen LogP) is 6.66. The second kappa shape index (κ2) is 8.94. The Labute approximate surface area is 184 Å². The fourth-order valence-electron chi connectivity index (χ4n) is 2.14.